The van der Waals surface area contributed by atoms with Crippen LogP contribution < -0.4 is 0 Å². The normalized spacial score (nSPS) is 10.7. The van der Waals surface area contributed by atoms with E-state index in [1.54, 1.807) is 23.9 Å². The summed E-state index contributed by atoms with van der Waals surface area (Å²) in [5.74, 6) is 0. The van der Waals surface area contributed by atoms with E-state index in [1.807, 2.05) is 6.07 Å². The molecule has 0 N–H and O–H groups in total. The molecule has 0 atom stereocenters. The molecular weight excluding hydrogens is 289 g/mol. The molecule has 100 valence electrons. The van der Waals surface area contributed by atoms with Gasteiger partial charge >= 0.3 is 0 Å². The summed E-state index contributed by atoms with van der Waals surface area (Å²) in [6.45, 7) is 0.655. The van der Waals surface area contributed by atoms with E-state index in [0.29, 0.717) is 28.6 Å². The van der Waals surface area contributed by atoms with Crippen LogP contribution in [0.4, 0.5) is 0 Å². The second-order valence-corrected chi connectivity index (χ2v) is 4.71. The summed E-state index contributed by atoms with van der Waals surface area (Å²) in [5.41, 5.74) is 1.72. The standard InChI is InChI=1S/C12H11Cl2N3O2/c1-19-7-12-11(6-18)15-16-17(12)5-8-2-3-9(13)4-10(8)14/h2-4,6H,5,7H2,1H3. The number of halogens is 2. The molecule has 1 aromatic carbocycles. The lowest BCUT2D eigenvalue weighted by Crippen LogP contribution is -2.08. The van der Waals surface area contributed by atoms with Crippen molar-refractivity contribution in [1.82, 2.24) is 15.0 Å². The van der Waals surface area contributed by atoms with Crippen molar-refractivity contribution in [2.75, 3.05) is 7.11 Å². The van der Waals surface area contributed by atoms with E-state index >= 15 is 0 Å². The molecular formula is C12H11Cl2N3O2. The van der Waals surface area contributed by atoms with Crippen molar-refractivity contribution in [3.63, 3.8) is 0 Å². The highest BCUT2D eigenvalue weighted by atomic mass is 35.5. The van der Waals surface area contributed by atoms with Gasteiger partial charge in [0.15, 0.2) is 12.0 Å². The highest BCUT2D eigenvalue weighted by molar-refractivity contribution is 6.35. The lowest BCUT2D eigenvalue weighted by Gasteiger charge is -2.08. The third kappa shape index (κ3) is 3.12. The topological polar surface area (TPSA) is 57.0 Å². The number of aldehydes is 1. The minimum absolute atomic E-state index is 0.256. The van der Waals surface area contributed by atoms with Gasteiger partial charge < -0.3 is 4.74 Å². The van der Waals surface area contributed by atoms with E-state index in [4.69, 9.17) is 27.9 Å². The van der Waals surface area contributed by atoms with E-state index < -0.39 is 0 Å². The molecule has 0 aliphatic rings. The first-order valence-electron chi connectivity index (χ1n) is 5.46. The molecule has 0 unspecified atom stereocenters. The Hall–Kier alpha value is -1.43. The minimum Gasteiger partial charge on any atom is -0.378 e. The second kappa shape index (κ2) is 6.14. The van der Waals surface area contributed by atoms with Crippen molar-refractivity contribution >= 4 is 29.5 Å². The maximum absolute atomic E-state index is 10.9. The van der Waals surface area contributed by atoms with Gasteiger partial charge in [0, 0.05) is 17.2 Å². The van der Waals surface area contributed by atoms with Gasteiger partial charge in [-0.2, -0.15) is 0 Å². The number of aromatic nitrogens is 3. The first-order valence-corrected chi connectivity index (χ1v) is 6.21. The van der Waals surface area contributed by atoms with Crippen LogP contribution >= 0.6 is 23.2 Å². The molecule has 0 aliphatic carbocycles. The van der Waals surface area contributed by atoms with E-state index in [9.17, 15) is 4.79 Å². The number of methoxy groups -OCH3 is 1. The Kier molecular flexibility index (Phi) is 4.52. The fourth-order valence-electron chi connectivity index (χ4n) is 1.66. The number of hydrogen-bond acceptors (Lipinski definition) is 4. The van der Waals surface area contributed by atoms with Gasteiger partial charge in [0.05, 0.1) is 18.8 Å². The Bertz CT molecular complexity index is 599. The Morgan fingerprint density at radius 2 is 2.21 bits per heavy atom. The molecule has 2 aromatic rings. The van der Waals surface area contributed by atoms with Crippen LogP contribution in [0, 0.1) is 0 Å². The van der Waals surface area contributed by atoms with E-state index in [0.717, 1.165) is 5.56 Å². The number of benzene rings is 1. The van der Waals surface area contributed by atoms with Crippen LogP contribution in [-0.2, 0) is 17.9 Å². The van der Waals surface area contributed by atoms with Crippen LogP contribution in [0.5, 0.6) is 0 Å². The first-order chi connectivity index (χ1) is 9.15. The van der Waals surface area contributed by atoms with Crippen molar-refractivity contribution in [1.29, 1.82) is 0 Å². The first kappa shape index (κ1) is 14.0. The van der Waals surface area contributed by atoms with Gasteiger partial charge in [0.25, 0.3) is 0 Å². The molecule has 2 rings (SSSR count). The Balaban J connectivity index is 2.32. The van der Waals surface area contributed by atoms with Crippen molar-refractivity contribution in [3.8, 4) is 0 Å². The summed E-state index contributed by atoms with van der Waals surface area (Å²) in [5, 5.41) is 8.83. The van der Waals surface area contributed by atoms with Crippen LogP contribution in [0.15, 0.2) is 18.2 Å². The molecule has 0 saturated carbocycles. The number of nitrogens with zero attached hydrogens (tertiary/aromatic N) is 3. The summed E-state index contributed by atoms with van der Waals surface area (Å²) in [4.78, 5) is 10.9. The molecule has 1 aromatic heterocycles. The summed E-state index contributed by atoms with van der Waals surface area (Å²) in [6.07, 6.45) is 0.654. The van der Waals surface area contributed by atoms with Gasteiger partial charge in [-0.15, -0.1) is 5.10 Å². The number of carbonyl (C=O) groups excluding carboxylic acids is 1. The lowest BCUT2D eigenvalue weighted by atomic mass is 10.2. The Morgan fingerprint density at radius 1 is 1.42 bits per heavy atom. The van der Waals surface area contributed by atoms with Crippen LogP contribution in [0.25, 0.3) is 0 Å². The molecule has 0 fully saturated rings. The fraction of sp³-hybridized carbons (Fsp3) is 0.250. The zero-order valence-corrected chi connectivity index (χ0v) is 11.6. The number of ether oxygens (including phenoxy) is 1. The second-order valence-electron chi connectivity index (χ2n) is 3.87. The Labute approximate surface area is 120 Å². The quantitative estimate of drug-likeness (QED) is 0.796. The van der Waals surface area contributed by atoms with Crippen LogP contribution in [0.1, 0.15) is 21.7 Å². The molecule has 0 spiro atoms. The van der Waals surface area contributed by atoms with Gasteiger partial charge in [-0.25, -0.2) is 4.68 Å². The molecule has 0 aliphatic heterocycles. The van der Waals surface area contributed by atoms with Crippen molar-refractivity contribution in [2.45, 2.75) is 13.2 Å². The van der Waals surface area contributed by atoms with Crippen molar-refractivity contribution in [2.24, 2.45) is 0 Å². The molecule has 0 bridgehead atoms. The van der Waals surface area contributed by atoms with Gasteiger partial charge in [-0.1, -0.05) is 34.5 Å². The lowest BCUT2D eigenvalue weighted by molar-refractivity contribution is 0.111. The van der Waals surface area contributed by atoms with E-state index in [-0.39, 0.29) is 12.3 Å². The van der Waals surface area contributed by atoms with Gasteiger partial charge in [0.1, 0.15) is 0 Å². The number of hydrogen-bond donors (Lipinski definition) is 0. The molecule has 0 amide bonds. The summed E-state index contributed by atoms with van der Waals surface area (Å²) in [6, 6.07) is 5.21. The summed E-state index contributed by atoms with van der Waals surface area (Å²) < 4.78 is 6.63. The largest absolute Gasteiger partial charge is 0.378 e. The summed E-state index contributed by atoms with van der Waals surface area (Å²) in [7, 11) is 1.54. The zero-order chi connectivity index (χ0) is 13.8. The van der Waals surface area contributed by atoms with Crippen molar-refractivity contribution in [3.05, 3.63) is 45.2 Å². The van der Waals surface area contributed by atoms with Crippen LogP contribution in [0.3, 0.4) is 0 Å². The molecule has 0 saturated heterocycles. The smallest absolute Gasteiger partial charge is 0.172 e. The van der Waals surface area contributed by atoms with E-state index in [1.165, 1.54) is 0 Å². The molecule has 19 heavy (non-hydrogen) atoms. The Morgan fingerprint density at radius 3 is 2.84 bits per heavy atom. The maximum atomic E-state index is 10.9. The van der Waals surface area contributed by atoms with Crippen LogP contribution in [0.2, 0.25) is 10.0 Å². The van der Waals surface area contributed by atoms with Gasteiger partial charge in [-0.05, 0) is 17.7 Å². The highest BCUT2D eigenvalue weighted by Crippen LogP contribution is 2.22. The minimum atomic E-state index is 0.256. The average molecular weight is 300 g/mol. The predicted molar refractivity (Wildman–Crippen MR) is 71.7 cm³/mol. The SMILES string of the molecule is COCc1c(C=O)nnn1Cc1ccc(Cl)cc1Cl. The zero-order valence-electron chi connectivity index (χ0n) is 10.1. The van der Waals surface area contributed by atoms with Crippen molar-refractivity contribution < 1.29 is 9.53 Å². The third-order valence-electron chi connectivity index (χ3n) is 2.60. The predicted octanol–water partition coefficient (Wildman–Crippen LogP) is 2.59. The third-order valence-corrected chi connectivity index (χ3v) is 3.18. The number of carbonyl (C=O) groups is 1. The number of rotatable bonds is 5. The fourth-order valence-corrected chi connectivity index (χ4v) is 2.13. The average Bonchev–Trinajstić information content (AvgIpc) is 2.76. The summed E-state index contributed by atoms with van der Waals surface area (Å²) >= 11 is 11.9. The molecule has 1 heterocycles. The molecule has 7 heteroatoms. The van der Waals surface area contributed by atoms with Gasteiger partial charge in [0.2, 0.25) is 0 Å². The van der Waals surface area contributed by atoms with E-state index in [2.05, 4.69) is 10.3 Å². The maximum Gasteiger partial charge on any atom is 0.172 e. The highest BCUT2D eigenvalue weighted by Gasteiger charge is 2.13. The van der Waals surface area contributed by atoms with Gasteiger partial charge in [-0.3, -0.25) is 4.79 Å². The monoisotopic (exact) mass is 299 g/mol. The molecule has 0 radical (unpaired) electrons. The molecule has 5 nitrogen and oxygen atoms in total. The van der Waals surface area contributed by atoms with Crippen LogP contribution in [-0.4, -0.2) is 28.4 Å².